The van der Waals surface area contributed by atoms with E-state index in [0.717, 1.165) is 18.7 Å². The summed E-state index contributed by atoms with van der Waals surface area (Å²) in [4.78, 5) is 14.7. The number of rotatable bonds is 2. The number of benzene rings is 1. The summed E-state index contributed by atoms with van der Waals surface area (Å²) in [5.74, 6) is -0.107. The van der Waals surface area contributed by atoms with Crippen molar-refractivity contribution in [3.63, 3.8) is 0 Å². The fourth-order valence-corrected chi connectivity index (χ4v) is 3.20. The molecule has 2 saturated heterocycles. The van der Waals surface area contributed by atoms with Gasteiger partial charge < -0.3 is 10.2 Å². The van der Waals surface area contributed by atoms with Crippen LogP contribution in [0.3, 0.4) is 0 Å². The Bertz CT molecular complexity index is 541. The molecule has 7 heteroatoms. The molecule has 23 heavy (non-hydrogen) atoms. The van der Waals surface area contributed by atoms with Gasteiger partial charge in [-0.2, -0.15) is 0 Å². The first-order chi connectivity index (χ1) is 10.6. The summed E-state index contributed by atoms with van der Waals surface area (Å²) in [5.41, 5.74) is 7.24. The summed E-state index contributed by atoms with van der Waals surface area (Å²) in [6.45, 7) is 5.75. The molecule has 3 N–H and O–H groups in total. The molecule has 0 aromatic heterocycles. The molecule has 128 valence electrons. The Kier molecular flexibility index (Phi) is 5.97. The van der Waals surface area contributed by atoms with Gasteiger partial charge in [-0.3, -0.25) is 4.79 Å². The highest BCUT2D eigenvalue weighted by Crippen LogP contribution is 2.24. The molecule has 1 aromatic carbocycles. The molecule has 3 rings (SSSR count). The monoisotopic (exact) mass is 342 g/mol. The predicted octanol–water partition coefficient (Wildman–Crippen LogP) is 1.36. The Labute approximate surface area is 142 Å². The topological polar surface area (TPSA) is 56.4 Å². The van der Waals surface area contributed by atoms with Crippen molar-refractivity contribution in [2.45, 2.75) is 44.4 Å². The van der Waals surface area contributed by atoms with Crippen LogP contribution in [0.15, 0.2) is 24.3 Å². The van der Waals surface area contributed by atoms with E-state index in [0.29, 0.717) is 12.5 Å². The summed E-state index contributed by atoms with van der Waals surface area (Å²) >= 11 is 0. The second kappa shape index (κ2) is 7.57. The van der Waals surface area contributed by atoms with Crippen LogP contribution in [0.5, 0.6) is 0 Å². The molecular formula is C16H24ClFN4O. The number of amides is 1. The zero-order valence-corrected chi connectivity index (χ0v) is 14.2. The van der Waals surface area contributed by atoms with E-state index in [1.165, 1.54) is 12.1 Å². The molecular weight excluding hydrogens is 319 g/mol. The summed E-state index contributed by atoms with van der Waals surface area (Å²) in [5, 5.41) is 3.38. The smallest absolute Gasteiger partial charge is 0.241 e. The third kappa shape index (κ3) is 3.83. The molecule has 0 saturated carbocycles. The van der Waals surface area contributed by atoms with Crippen molar-refractivity contribution in [1.29, 1.82) is 0 Å². The Hall–Kier alpha value is -1.21. The SMILES string of the molecule is CC1NCCN(C(=O)C2CC(c3ccc(F)cc3)NN2)C1C.Cl. The minimum atomic E-state index is -0.244. The van der Waals surface area contributed by atoms with Crippen molar-refractivity contribution in [1.82, 2.24) is 21.1 Å². The zero-order chi connectivity index (χ0) is 15.7. The van der Waals surface area contributed by atoms with Crippen LogP contribution in [0, 0.1) is 5.82 Å². The molecule has 2 aliphatic rings. The lowest BCUT2D eigenvalue weighted by Crippen LogP contribution is -2.60. The third-order valence-electron chi connectivity index (χ3n) is 4.79. The highest BCUT2D eigenvalue weighted by molar-refractivity contribution is 5.85. The van der Waals surface area contributed by atoms with Crippen molar-refractivity contribution in [3.8, 4) is 0 Å². The standard InChI is InChI=1S/C16H23FN4O.ClH/c1-10-11(2)21(8-7-18-10)16(22)15-9-14(19-20-15)12-3-5-13(17)6-4-12;/h3-6,10-11,14-15,18-20H,7-9H2,1-2H3;1H. The maximum atomic E-state index is 13.0. The largest absolute Gasteiger partial charge is 0.336 e. The molecule has 4 unspecified atom stereocenters. The third-order valence-corrected chi connectivity index (χ3v) is 4.79. The van der Waals surface area contributed by atoms with E-state index in [2.05, 4.69) is 30.0 Å². The van der Waals surface area contributed by atoms with E-state index in [9.17, 15) is 9.18 Å². The Morgan fingerprint density at radius 3 is 2.61 bits per heavy atom. The van der Waals surface area contributed by atoms with Gasteiger partial charge in [-0.1, -0.05) is 12.1 Å². The molecule has 4 atom stereocenters. The van der Waals surface area contributed by atoms with Crippen molar-refractivity contribution < 1.29 is 9.18 Å². The summed E-state index contributed by atoms with van der Waals surface area (Å²) in [6, 6.07) is 6.72. The van der Waals surface area contributed by atoms with Gasteiger partial charge in [0.1, 0.15) is 11.9 Å². The van der Waals surface area contributed by atoms with Gasteiger partial charge in [-0.15, -0.1) is 12.4 Å². The van der Waals surface area contributed by atoms with Gasteiger partial charge >= 0.3 is 0 Å². The van der Waals surface area contributed by atoms with Crippen molar-refractivity contribution in [2.24, 2.45) is 0 Å². The Balaban J connectivity index is 0.00000192. The van der Waals surface area contributed by atoms with E-state index < -0.39 is 0 Å². The Morgan fingerprint density at radius 2 is 1.91 bits per heavy atom. The number of hydrazine groups is 1. The summed E-state index contributed by atoms with van der Waals surface area (Å²) in [7, 11) is 0. The highest BCUT2D eigenvalue weighted by atomic mass is 35.5. The van der Waals surface area contributed by atoms with Crippen LogP contribution in [-0.2, 0) is 4.79 Å². The van der Waals surface area contributed by atoms with E-state index >= 15 is 0 Å². The minimum Gasteiger partial charge on any atom is -0.336 e. The maximum absolute atomic E-state index is 13.0. The maximum Gasteiger partial charge on any atom is 0.241 e. The molecule has 0 radical (unpaired) electrons. The van der Waals surface area contributed by atoms with E-state index in [1.54, 1.807) is 12.1 Å². The average Bonchev–Trinajstić information content (AvgIpc) is 3.00. The van der Waals surface area contributed by atoms with Crippen LogP contribution in [0.2, 0.25) is 0 Å². The van der Waals surface area contributed by atoms with E-state index in [4.69, 9.17) is 0 Å². The van der Waals surface area contributed by atoms with Gasteiger partial charge in [0.05, 0.1) is 0 Å². The van der Waals surface area contributed by atoms with Gasteiger partial charge in [0, 0.05) is 31.2 Å². The fraction of sp³-hybridized carbons (Fsp3) is 0.562. The summed E-state index contributed by atoms with van der Waals surface area (Å²) < 4.78 is 13.0. The predicted molar refractivity (Wildman–Crippen MR) is 89.7 cm³/mol. The second-order valence-electron chi connectivity index (χ2n) is 6.20. The first kappa shape index (κ1) is 18.1. The number of piperazine rings is 1. The lowest BCUT2D eigenvalue weighted by Gasteiger charge is -2.39. The van der Waals surface area contributed by atoms with E-state index in [-0.39, 0.29) is 42.3 Å². The number of nitrogens with zero attached hydrogens (tertiary/aromatic N) is 1. The Morgan fingerprint density at radius 1 is 1.22 bits per heavy atom. The average molecular weight is 343 g/mol. The summed E-state index contributed by atoms with van der Waals surface area (Å²) in [6.07, 6.45) is 0.676. The second-order valence-corrected chi connectivity index (χ2v) is 6.20. The molecule has 0 aliphatic carbocycles. The van der Waals surface area contributed by atoms with Crippen LogP contribution in [0.1, 0.15) is 31.9 Å². The van der Waals surface area contributed by atoms with Crippen LogP contribution >= 0.6 is 12.4 Å². The number of hydrogen-bond acceptors (Lipinski definition) is 4. The molecule has 0 spiro atoms. The van der Waals surface area contributed by atoms with Crippen LogP contribution < -0.4 is 16.2 Å². The quantitative estimate of drug-likeness (QED) is 0.759. The van der Waals surface area contributed by atoms with Crippen LogP contribution in [-0.4, -0.2) is 42.0 Å². The van der Waals surface area contributed by atoms with E-state index in [1.807, 2.05) is 4.90 Å². The normalized spacial score (nSPS) is 30.8. The molecule has 5 nitrogen and oxygen atoms in total. The van der Waals surface area contributed by atoms with Gasteiger partial charge in [-0.05, 0) is 38.0 Å². The number of halogens is 2. The number of nitrogens with one attached hydrogen (secondary N) is 3. The minimum absolute atomic E-state index is 0. The molecule has 1 aromatic rings. The molecule has 2 aliphatic heterocycles. The van der Waals surface area contributed by atoms with Crippen LogP contribution in [0.25, 0.3) is 0 Å². The molecule has 2 heterocycles. The first-order valence-corrected chi connectivity index (χ1v) is 7.86. The van der Waals surface area contributed by atoms with Gasteiger partial charge in [0.2, 0.25) is 5.91 Å². The molecule has 0 bridgehead atoms. The van der Waals surface area contributed by atoms with Crippen molar-refractivity contribution in [3.05, 3.63) is 35.6 Å². The van der Waals surface area contributed by atoms with Crippen molar-refractivity contribution >= 4 is 18.3 Å². The first-order valence-electron chi connectivity index (χ1n) is 7.86. The lowest BCUT2D eigenvalue weighted by molar-refractivity contribution is -0.136. The fourth-order valence-electron chi connectivity index (χ4n) is 3.20. The van der Waals surface area contributed by atoms with Crippen LogP contribution in [0.4, 0.5) is 4.39 Å². The van der Waals surface area contributed by atoms with Gasteiger partial charge in [0.25, 0.3) is 0 Å². The van der Waals surface area contributed by atoms with Gasteiger partial charge in [0.15, 0.2) is 0 Å². The lowest BCUT2D eigenvalue weighted by atomic mass is 10.00. The zero-order valence-electron chi connectivity index (χ0n) is 13.4. The number of hydrogen-bond donors (Lipinski definition) is 3. The number of carbonyl (C=O) groups excluding carboxylic acids is 1. The number of carbonyl (C=O) groups is 1. The van der Waals surface area contributed by atoms with Crippen molar-refractivity contribution in [2.75, 3.05) is 13.1 Å². The van der Waals surface area contributed by atoms with Gasteiger partial charge in [-0.25, -0.2) is 15.2 Å². The molecule has 1 amide bonds. The highest BCUT2D eigenvalue weighted by Gasteiger charge is 2.36. The molecule has 2 fully saturated rings.